The van der Waals surface area contributed by atoms with Crippen molar-refractivity contribution in [2.75, 3.05) is 26.4 Å². The monoisotopic (exact) mass is 877 g/mol. The Morgan fingerprint density at radius 3 is 1.50 bits per heavy atom. The molecule has 0 bridgehead atoms. The summed E-state index contributed by atoms with van der Waals surface area (Å²) in [7, 11) is 0. The van der Waals surface area contributed by atoms with Crippen LogP contribution in [0.2, 0.25) is 0 Å². The lowest BCUT2D eigenvalue weighted by Gasteiger charge is -2.39. The molecule has 1 aliphatic rings. The van der Waals surface area contributed by atoms with E-state index in [9.17, 15) is 25.2 Å². The quantitative estimate of drug-likeness (QED) is 0.0268. The van der Waals surface area contributed by atoms with E-state index in [2.05, 4.69) is 62.5 Å². The number of aliphatic hydroxyl groups excluding tert-OH is 4. The van der Waals surface area contributed by atoms with Gasteiger partial charge in [-0.05, 0) is 70.6 Å². The first-order valence-corrected chi connectivity index (χ1v) is 25.7. The molecule has 6 atom stereocenters. The Bertz CT molecular complexity index is 1090. The molecule has 6 unspecified atom stereocenters. The van der Waals surface area contributed by atoms with E-state index in [-0.39, 0.29) is 19.2 Å². The van der Waals surface area contributed by atoms with Crippen molar-refractivity contribution in [1.29, 1.82) is 0 Å². The van der Waals surface area contributed by atoms with Crippen molar-refractivity contribution in [2.45, 2.75) is 256 Å². The molecule has 1 saturated heterocycles. The van der Waals surface area contributed by atoms with Crippen molar-refractivity contribution in [3.63, 3.8) is 0 Å². The second-order valence-corrected chi connectivity index (χ2v) is 17.6. The van der Waals surface area contributed by atoms with Gasteiger partial charge in [0.25, 0.3) is 0 Å². The van der Waals surface area contributed by atoms with Gasteiger partial charge in [0.2, 0.25) is 0 Å². The van der Waals surface area contributed by atoms with Crippen molar-refractivity contribution in [1.82, 2.24) is 0 Å². The summed E-state index contributed by atoms with van der Waals surface area (Å²) in [6.07, 6.45) is 48.6. The molecule has 0 radical (unpaired) electrons. The highest BCUT2D eigenvalue weighted by Gasteiger charge is 2.44. The van der Waals surface area contributed by atoms with Gasteiger partial charge in [-0.2, -0.15) is 0 Å². The van der Waals surface area contributed by atoms with E-state index in [0.717, 1.165) is 64.2 Å². The highest BCUT2D eigenvalue weighted by atomic mass is 16.7. The van der Waals surface area contributed by atoms with Gasteiger partial charge in [-0.15, -0.1) is 0 Å². The van der Waals surface area contributed by atoms with Gasteiger partial charge >= 0.3 is 5.97 Å². The Morgan fingerprint density at radius 2 is 0.984 bits per heavy atom. The van der Waals surface area contributed by atoms with Crippen molar-refractivity contribution >= 4 is 5.97 Å². The van der Waals surface area contributed by atoms with E-state index < -0.39 is 43.4 Å². The largest absolute Gasteiger partial charge is 0.457 e. The van der Waals surface area contributed by atoms with Gasteiger partial charge in [0.1, 0.15) is 30.5 Å². The molecule has 0 amide bonds. The highest BCUT2D eigenvalue weighted by molar-refractivity contribution is 5.69. The van der Waals surface area contributed by atoms with Gasteiger partial charge in [0.05, 0.1) is 19.8 Å². The fraction of sp³-hybridized carbons (Fsp3) is 0.830. The number of aliphatic hydroxyl groups is 4. The van der Waals surface area contributed by atoms with Crippen molar-refractivity contribution in [3.05, 3.63) is 48.6 Å². The van der Waals surface area contributed by atoms with Crippen LogP contribution in [0.5, 0.6) is 0 Å². The molecular weight excluding hydrogens is 781 g/mol. The lowest BCUT2D eigenvalue weighted by atomic mass is 9.99. The third-order valence-electron chi connectivity index (χ3n) is 11.7. The first-order chi connectivity index (χ1) is 30.4. The molecule has 0 spiro atoms. The normalized spacial score (nSPS) is 20.1. The zero-order valence-electron chi connectivity index (χ0n) is 39.9. The topological polar surface area (TPSA) is 135 Å². The van der Waals surface area contributed by atoms with Crippen molar-refractivity contribution < 1.29 is 44.2 Å². The molecule has 0 aromatic heterocycles. The van der Waals surface area contributed by atoms with Gasteiger partial charge in [0.15, 0.2) is 6.29 Å². The molecule has 362 valence electrons. The fourth-order valence-electron chi connectivity index (χ4n) is 7.74. The second kappa shape index (κ2) is 44.4. The molecule has 0 aromatic rings. The Morgan fingerprint density at radius 1 is 0.532 bits per heavy atom. The molecule has 4 N–H and O–H groups in total. The minimum Gasteiger partial charge on any atom is -0.457 e. The van der Waals surface area contributed by atoms with Crippen molar-refractivity contribution in [2.24, 2.45) is 0 Å². The van der Waals surface area contributed by atoms with Crippen LogP contribution < -0.4 is 0 Å². The maximum Gasteiger partial charge on any atom is 0.306 e. The van der Waals surface area contributed by atoms with E-state index in [4.69, 9.17) is 18.9 Å². The van der Waals surface area contributed by atoms with E-state index in [1.54, 1.807) is 0 Å². The van der Waals surface area contributed by atoms with Crippen LogP contribution in [0, 0.1) is 0 Å². The lowest BCUT2D eigenvalue weighted by Crippen LogP contribution is -2.59. The molecule has 1 aliphatic heterocycles. The number of ether oxygens (including phenoxy) is 4. The van der Waals surface area contributed by atoms with E-state index in [1.165, 1.54) is 135 Å². The number of carbonyl (C=O) groups is 1. The average molecular weight is 877 g/mol. The van der Waals surface area contributed by atoms with Crippen LogP contribution >= 0.6 is 0 Å². The number of hydrogen-bond donors (Lipinski definition) is 4. The molecule has 0 aromatic carbocycles. The molecule has 0 saturated carbocycles. The third-order valence-corrected chi connectivity index (χ3v) is 11.7. The highest BCUT2D eigenvalue weighted by Crippen LogP contribution is 2.23. The zero-order valence-corrected chi connectivity index (χ0v) is 39.9. The third kappa shape index (κ3) is 34.5. The van der Waals surface area contributed by atoms with Crippen LogP contribution in [0.25, 0.3) is 0 Å². The summed E-state index contributed by atoms with van der Waals surface area (Å²) in [4.78, 5) is 12.8. The SMILES string of the molecule is CC/C=C\C/C=C\C/C=C\CCCCCCCCCC(=O)OC(COCCCCCCCCCCCC/C=C\CCCCCCCCCC)COC1OC(CO)C(O)C(O)C1O. The first kappa shape index (κ1) is 58.2. The summed E-state index contributed by atoms with van der Waals surface area (Å²) in [5, 5.41) is 40.2. The van der Waals surface area contributed by atoms with E-state index in [1.807, 2.05) is 0 Å². The molecule has 1 heterocycles. The molecule has 9 heteroatoms. The maximum absolute atomic E-state index is 12.8. The van der Waals surface area contributed by atoms with Gasteiger partial charge in [-0.3, -0.25) is 4.79 Å². The van der Waals surface area contributed by atoms with Gasteiger partial charge in [-0.25, -0.2) is 0 Å². The predicted octanol–water partition coefficient (Wildman–Crippen LogP) is 12.5. The lowest BCUT2D eigenvalue weighted by molar-refractivity contribution is -0.305. The second-order valence-electron chi connectivity index (χ2n) is 17.6. The summed E-state index contributed by atoms with van der Waals surface area (Å²) in [5.74, 6) is -0.323. The smallest absolute Gasteiger partial charge is 0.306 e. The van der Waals surface area contributed by atoms with Crippen LogP contribution in [0.3, 0.4) is 0 Å². The van der Waals surface area contributed by atoms with Gasteiger partial charge in [0, 0.05) is 13.0 Å². The summed E-state index contributed by atoms with van der Waals surface area (Å²) in [6, 6.07) is 0. The number of carbonyl (C=O) groups excluding carboxylic acids is 1. The van der Waals surface area contributed by atoms with E-state index in [0.29, 0.717) is 13.0 Å². The number of unbranched alkanes of at least 4 members (excludes halogenated alkanes) is 25. The molecule has 1 rings (SSSR count). The minimum atomic E-state index is -1.54. The Kier molecular flexibility index (Phi) is 41.6. The summed E-state index contributed by atoms with van der Waals surface area (Å²) >= 11 is 0. The molecule has 9 nitrogen and oxygen atoms in total. The summed E-state index contributed by atoms with van der Waals surface area (Å²) in [5.41, 5.74) is 0. The fourth-order valence-corrected chi connectivity index (χ4v) is 7.74. The summed E-state index contributed by atoms with van der Waals surface area (Å²) in [6.45, 7) is 4.45. The molecular formula is C53H96O9. The van der Waals surface area contributed by atoms with Crippen LogP contribution in [-0.2, 0) is 23.7 Å². The van der Waals surface area contributed by atoms with Gasteiger partial charge < -0.3 is 39.4 Å². The van der Waals surface area contributed by atoms with Crippen LogP contribution in [0.15, 0.2) is 48.6 Å². The molecule has 1 fully saturated rings. The average Bonchev–Trinajstić information content (AvgIpc) is 3.27. The summed E-state index contributed by atoms with van der Waals surface area (Å²) < 4.78 is 22.9. The predicted molar refractivity (Wildman–Crippen MR) is 256 cm³/mol. The van der Waals surface area contributed by atoms with Crippen molar-refractivity contribution in [3.8, 4) is 0 Å². The zero-order chi connectivity index (χ0) is 45.0. The standard InChI is InChI=1S/C53H96O9/c1-3-5-7-9-11-13-15-17-19-21-22-23-24-25-27-29-31-33-35-37-39-41-43-59-45-47(46-60-53-52(58)51(57)50(56)48(44-54)62-53)61-49(55)42-40-38-36-34-32-30-28-26-20-18-16-14-12-10-8-6-4-2/h6,8,12,14,18,20-22,47-48,50-54,56-58H,3-5,7,9-11,13,15-17,19,23-46H2,1-2H3/b8-6-,14-12-,20-18-,22-21-. The maximum atomic E-state index is 12.8. The first-order valence-electron chi connectivity index (χ1n) is 25.7. The Labute approximate surface area is 380 Å². The number of hydrogen-bond acceptors (Lipinski definition) is 9. The Balaban J connectivity index is 2.20. The Hall–Kier alpha value is -1.85. The van der Waals surface area contributed by atoms with Crippen LogP contribution in [0.4, 0.5) is 0 Å². The number of rotatable bonds is 44. The number of allylic oxidation sites excluding steroid dienone is 8. The molecule has 62 heavy (non-hydrogen) atoms. The molecule has 0 aliphatic carbocycles. The van der Waals surface area contributed by atoms with Gasteiger partial charge in [-0.1, -0.05) is 191 Å². The number of esters is 1. The minimum absolute atomic E-state index is 0.118. The van der Waals surface area contributed by atoms with Crippen LogP contribution in [0.1, 0.15) is 219 Å². The van der Waals surface area contributed by atoms with Crippen LogP contribution in [-0.4, -0.2) is 89.6 Å². The van der Waals surface area contributed by atoms with E-state index >= 15 is 0 Å².